The Kier molecular flexibility index (Phi) is 9.21. The zero-order valence-electron chi connectivity index (χ0n) is 21.4. The fourth-order valence-electron chi connectivity index (χ4n) is 4.59. The number of esters is 2. The van der Waals surface area contributed by atoms with Crippen LogP contribution in [0.2, 0.25) is 0 Å². The number of nitro groups is 1. The smallest absolute Gasteiger partial charge is 0.339 e. The predicted molar refractivity (Wildman–Crippen MR) is 136 cm³/mol. The summed E-state index contributed by atoms with van der Waals surface area (Å²) in [6.45, 7) is 5.63. The Morgan fingerprint density at radius 2 is 1.76 bits per heavy atom. The average molecular weight is 513 g/mol. The van der Waals surface area contributed by atoms with Crippen molar-refractivity contribution in [2.75, 3.05) is 19.0 Å². The Morgan fingerprint density at radius 1 is 1.08 bits per heavy atom. The minimum atomic E-state index is -0.889. The van der Waals surface area contributed by atoms with Crippen LogP contribution in [0.25, 0.3) is 0 Å². The Labute approximate surface area is 215 Å². The van der Waals surface area contributed by atoms with E-state index in [4.69, 9.17) is 14.2 Å². The molecule has 0 bridgehead atoms. The number of nitrogens with zero attached hydrogens (tertiary/aromatic N) is 1. The van der Waals surface area contributed by atoms with Crippen LogP contribution < -0.4 is 10.1 Å². The van der Waals surface area contributed by atoms with E-state index in [0.29, 0.717) is 17.6 Å². The molecule has 0 aromatic heterocycles. The monoisotopic (exact) mass is 512 g/mol. The molecule has 0 spiro atoms. The average Bonchev–Trinajstić information content (AvgIpc) is 2.86. The van der Waals surface area contributed by atoms with Gasteiger partial charge in [-0.2, -0.15) is 0 Å². The van der Waals surface area contributed by atoms with Gasteiger partial charge in [0.1, 0.15) is 17.5 Å². The Morgan fingerprint density at radius 3 is 2.38 bits per heavy atom. The van der Waals surface area contributed by atoms with E-state index in [0.717, 1.165) is 19.3 Å². The molecule has 10 nitrogen and oxygen atoms in total. The lowest BCUT2D eigenvalue weighted by Gasteiger charge is -2.36. The fourth-order valence-corrected chi connectivity index (χ4v) is 4.59. The molecule has 0 saturated heterocycles. The van der Waals surface area contributed by atoms with Gasteiger partial charge < -0.3 is 19.5 Å². The maximum atomic E-state index is 13.1. The molecule has 1 N–H and O–H groups in total. The minimum absolute atomic E-state index is 0.0300. The first-order valence-electron chi connectivity index (χ1n) is 12.2. The van der Waals surface area contributed by atoms with Gasteiger partial charge >= 0.3 is 11.9 Å². The summed E-state index contributed by atoms with van der Waals surface area (Å²) in [7, 11) is 1.38. The van der Waals surface area contributed by atoms with Gasteiger partial charge in [0.25, 0.3) is 11.6 Å². The zero-order valence-corrected chi connectivity index (χ0v) is 21.4. The summed E-state index contributed by atoms with van der Waals surface area (Å²) in [6, 6.07) is 9.97. The molecule has 3 rings (SSSR count). The standard InChI is InChI=1S/C27H32N2O8/c1-16(2)19-11-9-17(3)13-24(19)37-27(32)21-8-6-5-7-20(21)26(31)36-15-25(30)28-22-14-18(35-4)10-12-23(22)29(33)34/h5-8,10,12,14,16-17,19,24H,9,11,13,15H2,1-4H3,(H,28,30)/t17-,19-,24+/m0/s1. The third-order valence-electron chi connectivity index (χ3n) is 6.60. The highest BCUT2D eigenvalue weighted by Gasteiger charge is 2.34. The number of benzene rings is 2. The Bertz CT molecular complexity index is 1160. The van der Waals surface area contributed by atoms with Gasteiger partial charge in [-0.15, -0.1) is 0 Å². The molecule has 2 aromatic carbocycles. The maximum Gasteiger partial charge on any atom is 0.339 e. The van der Waals surface area contributed by atoms with Gasteiger partial charge in [-0.25, -0.2) is 9.59 Å². The van der Waals surface area contributed by atoms with Crippen molar-refractivity contribution in [3.63, 3.8) is 0 Å². The van der Waals surface area contributed by atoms with Crippen molar-refractivity contribution in [2.24, 2.45) is 17.8 Å². The van der Waals surface area contributed by atoms with Gasteiger partial charge in [0.05, 0.1) is 23.2 Å². The number of carbonyl (C=O) groups excluding carboxylic acids is 3. The quantitative estimate of drug-likeness (QED) is 0.281. The number of hydrogen-bond donors (Lipinski definition) is 1. The van der Waals surface area contributed by atoms with Crippen molar-refractivity contribution in [2.45, 2.75) is 46.1 Å². The van der Waals surface area contributed by atoms with E-state index in [9.17, 15) is 24.5 Å². The van der Waals surface area contributed by atoms with Crippen LogP contribution in [0, 0.1) is 27.9 Å². The van der Waals surface area contributed by atoms with Crippen molar-refractivity contribution < 1.29 is 33.5 Å². The molecule has 3 atom stereocenters. The molecule has 10 heteroatoms. The molecule has 0 unspecified atom stereocenters. The number of amides is 1. The zero-order chi connectivity index (χ0) is 27.1. The van der Waals surface area contributed by atoms with E-state index in [-0.39, 0.29) is 34.5 Å². The van der Waals surface area contributed by atoms with Crippen LogP contribution in [0.1, 0.15) is 60.7 Å². The van der Waals surface area contributed by atoms with Gasteiger partial charge in [0, 0.05) is 12.1 Å². The van der Waals surface area contributed by atoms with E-state index in [1.54, 1.807) is 12.1 Å². The summed E-state index contributed by atoms with van der Waals surface area (Å²) in [6.07, 6.45) is 2.57. The Balaban J connectivity index is 1.68. The van der Waals surface area contributed by atoms with Gasteiger partial charge in [0.15, 0.2) is 6.61 Å². The summed E-state index contributed by atoms with van der Waals surface area (Å²) in [5.74, 6) is -0.966. The molecule has 1 aliphatic carbocycles. The SMILES string of the molecule is COc1ccc([N+](=O)[O-])c(NC(=O)COC(=O)c2ccccc2C(=O)O[C@@H]2C[C@@H](C)CC[C@H]2C(C)C)c1. The second-order valence-electron chi connectivity index (χ2n) is 9.58. The number of carbonyl (C=O) groups is 3. The highest BCUT2D eigenvalue weighted by Crippen LogP contribution is 2.36. The van der Waals surface area contributed by atoms with E-state index in [1.165, 1.54) is 37.4 Å². The van der Waals surface area contributed by atoms with E-state index < -0.39 is 29.4 Å². The molecule has 2 aromatic rings. The molecule has 1 fully saturated rings. The first kappa shape index (κ1) is 27.6. The third kappa shape index (κ3) is 7.05. The molecule has 0 aliphatic heterocycles. The third-order valence-corrected chi connectivity index (χ3v) is 6.60. The maximum absolute atomic E-state index is 13.1. The van der Waals surface area contributed by atoms with Crippen LogP contribution in [0.4, 0.5) is 11.4 Å². The summed E-state index contributed by atoms with van der Waals surface area (Å²) in [5.41, 5.74) is -0.421. The molecule has 1 amide bonds. The molecular weight excluding hydrogens is 480 g/mol. The van der Waals surface area contributed by atoms with Crippen molar-refractivity contribution in [3.05, 3.63) is 63.7 Å². The molecular formula is C27H32N2O8. The number of rotatable bonds is 9. The van der Waals surface area contributed by atoms with Gasteiger partial charge in [0.2, 0.25) is 0 Å². The molecule has 0 radical (unpaired) electrons. The fraction of sp³-hybridized carbons (Fsp3) is 0.444. The second-order valence-corrected chi connectivity index (χ2v) is 9.58. The Hall–Kier alpha value is -3.95. The molecule has 1 saturated carbocycles. The van der Waals surface area contributed by atoms with Crippen LogP contribution in [0.3, 0.4) is 0 Å². The summed E-state index contributed by atoms with van der Waals surface area (Å²) < 4.78 is 16.0. The van der Waals surface area contributed by atoms with Crippen LogP contribution in [-0.2, 0) is 14.3 Å². The molecule has 198 valence electrons. The minimum Gasteiger partial charge on any atom is -0.497 e. The summed E-state index contributed by atoms with van der Waals surface area (Å²) in [5, 5.41) is 13.6. The van der Waals surface area contributed by atoms with Crippen molar-refractivity contribution >= 4 is 29.2 Å². The molecule has 1 aliphatic rings. The highest BCUT2D eigenvalue weighted by atomic mass is 16.6. The topological polar surface area (TPSA) is 134 Å². The number of ether oxygens (including phenoxy) is 3. The first-order chi connectivity index (χ1) is 17.6. The number of methoxy groups -OCH3 is 1. The van der Waals surface area contributed by atoms with Crippen LogP contribution in [-0.4, -0.2) is 42.6 Å². The number of anilines is 1. The van der Waals surface area contributed by atoms with Gasteiger partial charge in [-0.3, -0.25) is 14.9 Å². The lowest BCUT2D eigenvalue weighted by molar-refractivity contribution is -0.383. The van der Waals surface area contributed by atoms with Gasteiger partial charge in [-0.05, 0) is 48.8 Å². The second kappa shape index (κ2) is 12.3. The lowest BCUT2D eigenvalue weighted by Crippen LogP contribution is -2.36. The number of nitrogens with one attached hydrogen (secondary N) is 1. The van der Waals surface area contributed by atoms with E-state index in [1.807, 2.05) is 0 Å². The van der Waals surface area contributed by atoms with Crippen LogP contribution >= 0.6 is 0 Å². The van der Waals surface area contributed by atoms with E-state index in [2.05, 4.69) is 26.1 Å². The predicted octanol–water partition coefficient (Wildman–Crippen LogP) is 5.02. The van der Waals surface area contributed by atoms with E-state index >= 15 is 0 Å². The van der Waals surface area contributed by atoms with Crippen molar-refractivity contribution in [1.82, 2.24) is 0 Å². The highest BCUT2D eigenvalue weighted by molar-refractivity contribution is 6.04. The van der Waals surface area contributed by atoms with Crippen molar-refractivity contribution in [1.29, 1.82) is 0 Å². The number of hydrogen-bond acceptors (Lipinski definition) is 8. The number of nitro benzene ring substituents is 1. The largest absolute Gasteiger partial charge is 0.497 e. The van der Waals surface area contributed by atoms with Crippen LogP contribution in [0.15, 0.2) is 42.5 Å². The van der Waals surface area contributed by atoms with Gasteiger partial charge in [-0.1, -0.05) is 39.3 Å². The first-order valence-corrected chi connectivity index (χ1v) is 12.2. The van der Waals surface area contributed by atoms with Crippen LogP contribution in [0.5, 0.6) is 5.75 Å². The van der Waals surface area contributed by atoms with Crippen molar-refractivity contribution in [3.8, 4) is 5.75 Å². The normalized spacial score (nSPS) is 19.1. The summed E-state index contributed by atoms with van der Waals surface area (Å²) >= 11 is 0. The molecule has 0 heterocycles. The molecule has 37 heavy (non-hydrogen) atoms. The summed E-state index contributed by atoms with van der Waals surface area (Å²) in [4.78, 5) is 48.8. The lowest BCUT2D eigenvalue weighted by atomic mass is 9.75.